The Morgan fingerprint density at radius 2 is 1.67 bits per heavy atom. The molecule has 0 aromatic carbocycles. The van der Waals surface area contributed by atoms with E-state index in [1.807, 2.05) is 0 Å². The molecule has 5 nitrogen and oxygen atoms in total. The number of hydrogen-bond acceptors (Lipinski definition) is 4. The molecular formula is C3H10N2O3S. The predicted molar refractivity (Wildman–Crippen MR) is 33.4 cm³/mol. The van der Waals surface area contributed by atoms with Crippen molar-refractivity contribution in [3.63, 3.8) is 0 Å². The van der Waals surface area contributed by atoms with Crippen molar-refractivity contribution in [2.24, 2.45) is 11.5 Å². The Hall–Kier alpha value is -0.170. The van der Waals surface area contributed by atoms with Crippen LogP contribution < -0.4 is 11.5 Å². The predicted octanol–water partition coefficient (Wildman–Crippen LogP) is -1.84. The highest BCUT2D eigenvalue weighted by Gasteiger charge is 2.18. The summed E-state index contributed by atoms with van der Waals surface area (Å²) >= 11 is 0. The van der Waals surface area contributed by atoms with Gasteiger partial charge in [-0.1, -0.05) is 0 Å². The van der Waals surface area contributed by atoms with Gasteiger partial charge in [-0.15, -0.1) is 0 Å². The van der Waals surface area contributed by atoms with Crippen LogP contribution in [0.1, 0.15) is 0 Å². The van der Waals surface area contributed by atoms with E-state index < -0.39 is 15.4 Å². The second-order valence-electron chi connectivity index (χ2n) is 1.61. The van der Waals surface area contributed by atoms with Crippen molar-refractivity contribution in [3.8, 4) is 0 Å². The molecule has 9 heavy (non-hydrogen) atoms. The summed E-state index contributed by atoms with van der Waals surface area (Å²) in [5, 5.41) is -1.02. The van der Waals surface area contributed by atoms with E-state index in [0.717, 1.165) is 0 Å². The highest BCUT2D eigenvalue weighted by atomic mass is 32.2. The van der Waals surface area contributed by atoms with E-state index in [-0.39, 0.29) is 13.1 Å². The molecule has 56 valence electrons. The van der Waals surface area contributed by atoms with Crippen LogP contribution in [0.15, 0.2) is 0 Å². The number of rotatable bonds is 3. The molecule has 0 bridgehead atoms. The van der Waals surface area contributed by atoms with Crippen molar-refractivity contribution in [2.75, 3.05) is 13.1 Å². The van der Waals surface area contributed by atoms with Gasteiger partial charge in [0.1, 0.15) is 5.25 Å². The molecule has 0 unspecified atom stereocenters. The van der Waals surface area contributed by atoms with Crippen molar-refractivity contribution in [1.29, 1.82) is 0 Å². The van der Waals surface area contributed by atoms with Crippen LogP contribution in [0.4, 0.5) is 0 Å². The van der Waals surface area contributed by atoms with Crippen LogP contribution in [0.5, 0.6) is 0 Å². The maximum atomic E-state index is 10.2. The van der Waals surface area contributed by atoms with Crippen LogP contribution in [0.25, 0.3) is 0 Å². The van der Waals surface area contributed by atoms with Crippen molar-refractivity contribution in [3.05, 3.63) is 0 Å². The van der Waals surface area contributed by atoms with Gasteiger partial charge in [-0.2, -0.15) is 8.42 Å². The first-order valence-electron chi connectivity index (χ1n) is 2.38. The molecule has 0 aliphatic heterocycles. The SMILES string of the molecule is NCC(CN)S(=O)(=O)O. The minimum atomic E-state index is -4.02. The molecule has 0 rings (SSSR count). The Morgan fingerprint density at radius 1 is 1.33 bits per heavy atom. The molecule has 0 fully saturated rings. The summed E-state index contributed by atoms with van der Waals surface area (Å²) < 4.78 is 28.7. The fraction of sp³-hybridized carbons (Fsp3) is 1.00. The van der Waals surface area contributed by atoms with Gasteiger partial charge in [0.2, 0.25) is 0 Å². The number of hydrogen-bond donors (Lipinski definition) is 3. The third-order valence-electron chi connectivity index (χ3n) is 0.947. The van der Waals surface area contributed by atoms with E-state index in [2.05, 4.69) is 0 Å². The minimum absolute atomic E-state index is 0.144. The first kappa shape index (κ1) is 8.83. The molecule has 0 heterocycles. The second kappa shape index (κ2) is 3.11. The zero-order valence-corrected chi connectivity index (χ0v) is 5.63. The average molecular weight is 154 g/mol. The lowest BCUT2D eigenvalue weighted by molar-refractivity contribution is 0.468. The summed E-state index contributed by atoms with van der Waals surface area (Å²) in [4.78, 5) is 0. The van der Waals surface area contributed by atoms with Crippen LogP contribution in [0, 0.1) is 0 Å². The quantitative estimate of drug-likeness (QED) is 0.414. The zero-order chi connectivity index (χ0) is 7.49. The van der Waals surface area contributed by atoms with Gasteiger partial charge in [-0.3, -0.25) is 4.55 Å². The molecule has 0 atom stereocenters. The highest BCUT2D eigenvalue weighted by molar-refractivity contribution is 7.86. The van der Waals surface area contributed by atoms with Gasteiger partial charge in [0, 0.05) is 13.1 Å². The van der Waals surface area contributed by atoms with E-state index in [9.17, 15) is 8.42 Å². The van der Waals surface area contributed by atoms with Crippen LogP contribution >= 0.6 is 0 Å². The van der Waals surface area contributed by atoms with E-state index >= 15 is 0 Å². The van der Waals surface area contributed by atoms with Gasteiger partial charge in [0.25, 0.3) is 10.1 Å². The lowest BCUT2D eigenvalue weighted by atomic mass is 10.4. The second-order valence-corrected chi connectivity index (χ2v) is 3.30. The molecule has 0 aliphatic rings. The molecule has 5 N–H and O–H groups in total. The van der Waals surface area contributed by atoms with Crippen molar-refractivity contribution >= 4 is 10.1 Å². The largest absolute Gasteiger partial charge is 0.329 e. The topological polar surface area (TPSA) is 106 Å². The zero-order valence-electron chi connectivity index (χ0n) is 4.82. The summed E-state index contributed by atoms with van der Waals surface area (Å²) in [6, 6.07) is 0. The Kier molecular flexibility index (Phi) is 3.06. The molecule has 0 saturated carbocycles. The van der Waals surface area contributed by atoms with Gasteiger partial charge < -0.3 is 11.5 Å². The molecule has 0 aromatic heterocycles. The maximum absolute atomic E-state index is 10.2. The average Bonchev–Trinajstić information content (AvgIpc) is 1.65. The van der Waals surface area contributed by atoms with Gasteiger partial charge in [-0.05, 0) is 0 Å². The third-order valence-corrected chi connectivity index (χ3v) is 2.17. The monoisotopic (exact) mass is 154 g/mol. The van der Waals surface area contributed by atoms with Gasteiger partial charge >= 0.3 is 0 Å². The summed E-state index contributed by atoms with van der Waals surface area (Å²) in [7, 11) is -4.02. The smallest absolute Gasteiger partial charge is 0.270 e. The van der Waals surface area contributed by atoms with Crippen molar-refractivity contribution < 1.29 is 13.0 Å². The summed E-state index contributed by atoms with van der Waals surface area (Å²) in [5.41, 5.74) is 9.90. The van der Waals surface area contributed by atoms with E-state index in [4.69, 9.17) is 16.0 Å². The Balaban J connectivity index is 4.14. The molecule has 0 radical (unpaired) electrons. The molecule has 0 spiro atoms. The highest BCUT2D eigenvalue weighted by Crippen LogP contribution is 1.91. The van der Waals surface area contributed by atoms with E-state index in [1.54, 1.807) is 0 Å². The first-order valence-corrected chi connectivity index (χ1v) is 3.89. The van der Waals surface area contributed by atoms with Crippen LogP contribution in [0.2, 0.25) is 0 Å². The van der Waals surface area contributed by atoms with Gasteiger partial charge in [-0.25, -0.2) is 0 Å². The Labute approximate surface area is 53.8 Å². The molecule has 0 saturated heterocycles. The molecule has 0 aromatic rings. The fourth-order valence-corrected chi connectivity index (χ4v) is 0.826. The molecule has 6 heteroatoms. The van der Waals surface area contributed by atoms with Crippen LogP contribution in [-0.4, -0.2) is 31.3 Å². The molecular weight excluding hydrogens is 144 g/mol. The number of nitrogens with two attached hydrogens (primary N) is 2. The minimum Gasteiger partial charge on any atom is -0.329 e. The molecule has 0 amide bonds. The lowest BCUT2D eigenvalue weighted by Crippen LogP contribution is -2.35. The van der Waals surface area contributed by atoms with Gasteiger partial charge in [0.05, 0.1) is 0 Å². The first-order chi connectivity index (χ1) is 4.02. The fourth-order valence-electron chi connectivity index (χ4n) is 0.339. The summed E-state index contributed by atoms with van der Waals surface area (Å²) in [6.45, 7) is -0.287. The van der Waals surface area contributed by atoms with Crippen molar-refractivity contribution in [1.82, 2.24) is 0 Å². The normalized spacial score (nSPS) is 12.4. The van der Waals surface area contributed by atoms with E-state index in [0.29, 0.717) is 0 Å². The van der Waals surface area contributed by atoms with Crippen LogP contribution in [-0.2, 0) is 10.1 Å². The van der Waals surface area contributed by atoms with E-state index in [1.165, 1.54) is 0 Å². The summed E-state index contributed by atoms with van der Waals surface area (Å²) in [6.07, 6.45) is 0. The Morgan fingerprint density at radius 3 is 1.67 bits per heavy atom. The Bertz CT molecular complexity index is 160. The standard InChI is InChI=1S/C3H10N2O3S/c4-1-3(2-5)9(6,7)8/h3H,1-2,4-5H2,(H,6,7,8). The maximum Gasteiger partial charge on any atom is 0.270 e. The molecule has 0 aliphatic carbocycles. The lowest BCUT2D eigenvalue weighted by Gasteiger charge is -2.05. The summed E-state index contributed by atoms with van der Waals surface area (Å²) in [5.74, 6) is 0. The van der Waals surface area contributed by atoms with Gasteiger partial charge in [0.15, 0.2) is 0 Å². The third kappa shape index (κ3) is 2.75. The van der Waals surface area contributed by atoms with Crippen molar-refractivity contribution in [2.45, 2.75) is 5.25 Å². The van der Waals surface area contributed by atoms with Crippen LogP contribution in [0.3, 0.4) is 0 Å².